The van der Waals surface area contributed by atoms with Crippen molar-refractivity contribution in [2.24, 2.45) is 0 Å². The fourth-order valence-corrected chi connectivity index (χ4v) is 3.95. The Morgan fingerprint density at radius 3 is 2.52 bits per heavy atom. The quantitative estimate of drug-likeness (QED) is 0.282. The molecule has 0 saturated heterocycles. The van der Waals surface area contributed by atoms with Crippen LogP contribution >= 0.6 is 0 Å². The van der Waals surface area contributed by atoms with Crippen LogP contribution in [0.3, 0.4) is 0 Å². The van der Waals surface area contributed by atoms with Gasteiger partial charge in [-0.05, 0) is 18.2 Å². The van der Waals surface area contributed by atoms with Gasteiger partial charge in [0.1, 0.15) is 17.8 Å². The molecule has 0 aliphatic carbocycles. The number of benzene rings is 2. The van der Waals surface area contributed by atoms with Crippen LogP contribution in [-0.2, 0) is 6.54 Å². The van der Waals surface area contributed by atoms with Crippen molar-refractivity contribution in [3.63, 3.8) is 0 Å². The number of hydrogen-bond acceptors (Lipinski definition) is 2. The maximum Gasteiger partial charge on any atom is 0.275 e. The van der Waals surface area contributed by atoms with Crippen molar-refractivity contribution in [2.75, 3.05) is 0 Å². The Hall–Kier alpha value is -3.00. The molecule has 0 fully saturated rings. The molecular weight excluding hydrogens is 499 g/mol. The first-order valence-corrected chi connectivity index (χ1v) is 10.3. The third-order valence-electron chi connectivity index (χ3n) is 5.42. The van der Waals surface area contributed by atoms with E-state index < -0.39 is 0 Å². The SMILES string of the molecule is CCCC[n+]1cccc(-c2nc(-c3ccccc3)c3c(=O)[nH]c4ccccc4n23)c1.[I-]. The van der Waals surface area contributed by atoms with E-state index >= 15 is 0 Å². The molecule has 6 heteroatoms. The molecular formula is C25H23IN4O. The summed E-state index contributed by atoms with van der Waals surface area (Å²) in [6, 6.07) is 21.9. The third kappa shape index (κ3) is 3.87. The second-order valence-electron chi connectivity index (χ2n) is 7.49. The van der Waals surface area contributed by atoms with Gasteiger partial charge in [0.05, 0.1) is 16.6 Å². The zero-order valence-corrected chi connectivity index (χ0v) is 19.4. The lowest BCUT2D eigenvalue weighted by Gasteiger charge is -2.06. The lowest BCUT2D eigenvalue weighted by atomic mass is 10.1. The van der Waals surface area contributed by atoms with Gasteiger partial charge in [0.15, 0.2) is 18.2 Å². The number of fused-ring (bicyclic) bond motifs is 3. The average molecular weight is 522 g/mol. The lowest BCUT2D eigenvalue weighted by Crippen LogP contribution is -3.00. The van der Waals surface area contributed by atoms with Crippen LogP contribution in [0.2, 0.25) is 0 Å². The van der Waals surface area contributed by atoms with Gasteiger partial charge in [-0.3, -0.25) is 9.20 Å². The molecule has 0 aliphatic heterocycles. The molecule has 156 valence electrons. The fourth-order valence-electron chi connectivity index (χ4n) is 3.95. The molecule has 5 aromatic rings. The van der Waals surface area contributed by atoms with Crippen LogP contribution in [0.1, 0.15) is 19.8 Å². The molecule has 0 unspecified atom stereocenters. The normalized spacial score (nSPS) is 11.0. The number of nitrogens with zero attached hydrogens (tertiary/aromatic N) is 3. The first kappa shape index (κ1) is 21.2. The molecule has 2 aromatic carbocycles. The van der Waals surface area contributed by atoms with E-state index in [9.17, 15) is 4.79 Å². The van der Waals surface area contributed by atoms with Crippen molar-refractivity contribution in [2.45, 2.75) is 26.3 Å². The minimum absolute atomic E-state index is 0. The van der Waals surface area contributed by atoms with Crippen LogP contribution in [0.4, 0.5) is 0 Å². The van der Waals surface area contributed by atoms with Crippen LogP contribution in [0.5, 0.6) is 0 Å². The van der Waals surface area contributed by atoms with Crippen LogP contribution in [0, 0.1) is 0 Å². The minimum Gasteiger partial charge on any atom is -1.00 e. The average Bonchev–Trinajstić information content (AvgIpc) is 3.20. The minimum atomic E-state index is -0.138. The van der Waals surface area contributed by atoms with Crippen molar-refractivity contribution in [1.29, 1.82) is 0 Å². The first-order chi connectivity index (χ1) is 14.8. The number of rotatable bonds is 5. The Labute approximate surface area is 197 Å². The molecule has 5 nitrogen and oxygen atoms in total. The van der Waals surface area contributed by atoms with Crippen molar-refractivity contribution in [3.8, 4) is 22.6 Å². The number of pyridine rings is 1. The highest BCUT2D eigenvalue weighted by Gasteiger charge is 2.20. The topological polar surface area (TPSA) is 54.0 Å². The van der Waals surface area contributed by atoms with E-state index in [4.69, 9.17) is 4.98 Å². The summed E-state index contributed by atoms with van der Waals surface area (Å²) in [7, 11) is 0. The second-order valence-corrected chi connectivity index (χ2v) is 7.49. The van der Waals surface area contributed by atoms with Crippen LogP contribution in [0.25, 0.3) is 39.2 Å². The smallest absolute Gasteiger partial charge is 0.275 e. The largest absolute Gasteiger partial charge is 1.00 e. The Bertz CT molecular complexity index is 1410. The summed E-state index contributed by atoms with van der Waals surface area (Å²) in [5.74, 6) is 0.775. The number of aromatic amines is 1. The molecule has 0 amide bonds. The molecule has 0 atom stereocenters. The Balaban J connectivity index is 0.00000231. The van der Waals surface area contributed by atoms with E-state index in [1.807, 2.05) is 65.1 Å². The fraction of sp³-hybridized carbons (Fsp3) is 0.160. The van der Waals surface area contributed by atoms with E-state index in [-0.39, 0.29) is 29.5 Å². The van der Waals surface area contributed by atoms with Gasteiger partial charge in [-0.15, -0.1) is 0 Å². The molecule has 0 bridgehead atoms. The monoisotopic (exact) mass is 522 g/mol. The zero-order valence-electron chi connectivity index (χ0n) is 17.3. The van der Waals surface area contributed by atoms with Crippen LogP contribution in [-0.4, -0.2) is 14.4 Å². The number of nitrogens with one attached hydrogen (secondary N) is 1. The van der Waals surface area contributed by atoms with E-state index in [1.165, 1.54) is 0 Å². The highest BCUT2D eigenvalue weighted by atomic mass is 127. The summed E-state index contributed by atoms with van der Waals surface area (Å²) < 4.78 is 4.19. The number of H-pyrrole nitrogens is 1. The Kier molecular flexibility index (Phi) is 6.18. The van der Waals surface area contributed by atoms with Gasteiger partial charge in [-0.25, -0.2) is 9.55 Å². The van der Waals surface area contributed by atoms with E-state index in [1.54, 1.807) is 0 Å². The van der Waals surface area contributed by atoms with Crippen molar-refractivity contribution in [1.82, 2.24) is 14.4 Å². The molecule has 3 aromatic heterocycles. The van der Waals surface area contributed by atoms with Crippen molar-refractivity contribution >= 4 is 16.6 Å². The number of hydrogen-bond donors (Lipinski definition) is 1. The second kappa shape index (κ2) is 9.01. The first-order valence-electron chi connectivity index (χ1n) is 10.3. The van der Waals surface area contributed by atoms with Gasteiger partial charge in [-0.1, -0.05) is 55.8 Å². The summed E-state index contributed by atoms with van der Waals surface area (Å²) in [5.41, 5.74) is 4.77. The van der Waals surface area contributed by atoms with Gasteiger partial charge < -0.3 is 29.0 Å². The number of halogens is 1. The van der Waals surface area contributed by atoms with Crippen LogP contribution < -0.4 is 34.1 Å². The van der Waals surface area contributed by atoms with Crippen molar-refractivity contribution < 1.29 is 28.5 Å². The molecule has 3 heterocycles. The summed E-state index contributed by atoms with van der Waals surface area (Å²) in [6.07, 6.45) is 6.46. The predicted octanol–water partition coefficient (Wildman–Crippen LogP) is 1.60. The van der Waals surface area contributed by atoms with Gasteiger partial charge in [0.2, 0.25) is 0 Å². The zero-order chi connectivity index (χ0) is 20.5. The summed E-state index contributed by atoms with van der Waals surface area (Å²) in [5, 5.41) is 0. The number of para-hydroxylation sites is 2. The standard InChI is InChI=1S/C25H22N4O.HI/c1-2-3-15-28-16-9-12-19(17-28)24-27-22(18-10-5-4-6-11-18)23-25(30)26-20-13-7-8-14-21(20)29(23)24;/h4-14,16-17H,2-3,15H2,1H3;1H. The molecule has 1 N–H and O–H groups in total. The highest BCUT2D eigenvalue weighted by Crippen LogP contribution is 2.29. The molecule has 5 rings (SSSR count). The van der Waals surface area contributed by atoms with E-state index in [0.29, 0.717) is 11.2 Å². The van der Waals surface area contributed by atoms with Gasteiger partial charge in [0, 0.05) is 18.1 Å². The number of aromatic nitrogens is 4. The summed E-state index contributed by atoms with van der Waals surface area (Å²) >= 11 is 0. The van der Waals surface area contributed by atoms with Crippen molar-refractivity contribution in [3.05, 3.63) is 89.5 Å². The van der Waals surface area contributed by atoms with Gasteiger partial charge in [-0.2, -0.15) is 0 Å². The molecule has 0 radical (unpaired) electrons. The summed E-state index contributed by atoms with van der Waals surface area (Å²) in [4.78, 5) is 21.1. The highest BCUT2D eigenvalue weighted by molar-refractivity contribution is 5.88. The Morgan fingerprint density at radius 2 is 1.71 bits per heavy atom. The molecule has 0 saturated carbocycles. The maximum absolute atomic E-state index is 13.1. The molecule has 31 heavy (non-hydrogen) atoms. The van der Waals surface area contributed by atoms with Gasteiger partial charge in [0.25, 0.3) is 5.56 Å². The van der Waals surface area contributed by atoms with Gasteiger partial charge >= 0.3 is 0 Å². The molecule has 0 spiro atoms. The Morgan fingerprint density at radius 1 is 0.968 bits per heavy atom. The molecule has 0 aliphatic rings. The number of aryl methyl sites for hydroxylation is 1. The predicted molar refractivity (Wildman–Crippen MR) is 119 cm³/mol. The lowest BCUT2D eigenvalue weighted by molar-refractivity contribution is -0.696. The number of unbranched alkanes of at least 4 members (excludes halogenated alkanes) is 1. The van der Waals surface area contributed by atoms with Crippen LogP contribution in [0.15, 0.2) is 83.9 Å². The van der Waals surface area contributed by atoms with E-state index in [2.05, 4.69) is 34.9 Å². The third-order valence-corrected chi connectivity index (χ3v) is 5.42. The number of imidazole rings is 1. The summed E-state index contributed by atoms with van der Waals surface area (Å²) in [6.45, 7) is 3.15. The van der Waals surface area contributed by atoms with E-state index in [0.717, 1.165) is 47.4 Å². The maximum atomic E-state index is 13.1.